The maximum absolute atomic E-state index is 6.37. The summed E-state index contributed by atoms with van der Waals surface area (Å²) in [6.45, 7) is 6.57. The summed E-state index contributed by atoms with van der Waals surface area (Å²) in [5.74, 6) is 1.20. The van der Waals surface area contributed by atoms with E-state index in [0.29, 0.717) is 6.04 Å². The number of hydrogen-bond acceptors (Lipinski definition) is 2. The van der Waals surface area contributed by atoms with Gasteiger partial charge in [0.2, 0.25) is 0 Å². The van der Waals surface area contributed by atoms with E-state index in [1.54, 1.807) is 0 Å². The summed E-state index contributed by atoms with van der Waals surface area (Å²) in [7, 11) is 2.22. The van der Waals surface area contributed by atoms with Gasteiger partial charge in [-0.3, -0.25) is 0 Å². The maximum Gasteiger partial charge on any atom is 0.103 e. The Morgan fingerprint density at radius 1 is 1.32 bits per heavy atom. The summed E-state index contributed by atoms with van der Waals surface area (Å²) in [4.78, 5) is 2.44. The molecule has 22 heavy (non-hydrogen) atoms. The molecule has 1 heterocycles. The topological polar surface area (TPSA) is 12.5 Å². The predicted octanol–water partition coefficient (Wildman–Crippen LogP) is 4.43. The molecule has 2 atom stereocenters. The first-order valence-corrected chi connectivity index (χ1v) is 8.70. The minimum Gasteiger partial charge on any atom is -0.496 e. The van der Waals surface area contributed by atoms with Gasteiger partial charge in [0.05, 0.1) is 0 Å². The second-order valence-corrected chi connectivity index (χ2v) is 7.25. The van der Waals surface area contributed by atoms with Crippen LogP contribution in [0.2, 0.25) is 0 Å². The van der Waals surface area contributed by atoms with Crippen molar-refractivity contribution < 1.29 is 4.74 Å². The van der Waals surface area contributed by atoms with Gasteiger partial charge >= 0.3 is 0 Å². The third-order valence-electron chi connectivity index (χ3n) is 5.51. The number of nitrogens with zero attached hydrogens (tertiary/aromatic N) is 1. The first-order valence-electron chi connectivity index (χ1n) is 8.70. The molecule has 2 aliphatic rings. The zero-order chi connectivity index (χ0) is 15.6. The van der Waals surface area contributed by atoms with Crippen molar-refractivity contribution in [2.45, 2.75) is 57.4 Å². The van der Waals surface area contributed by atoms with Gasteiger partial charge in [0, 0.05) is 11.5 Å². The lowest BCUT2D eigenvalue weighted by Crippen LogP contribution is -2.33. The smallest absolute Gasteiger partial charge is 0.103 e. The molecule has 0 aromatic heterocycles. The van der Waals surface area contributed by atoms with Gasteiger partial charge in [-0.2, -0.15) is 0 Å². The molecule has 0 spiro atoms. The largest absolute Gasteiger partial charge is 0.496 e. The lowest BCUT2D eigenvalue weighted by atomic mass is 9.73. The molecule has 1 aromatic rings. The summed E-state index contributed by atoms with van der Waals surface area (Å²) in [5.41, 5.74) is 2.78. The Morgan fingerprint density at radius 2 is 2.18 bits per heavy atom. The molecule has 1 saturated heterocycles. The van der Waals surface area contributed by atoms with E-state index in [-0.39, 0.29) is 5.41 Å². The average molecular weight is 299 g/mol. The van der Waals surface area contributed by atoms with E-state index in [2.05, 4.69) is 56.1 Å². The van der Waals surface area contributed by atoms with E-state index in [9.17, 15) is 0 Å². The molecule has 3 rings (SSSR count). The maximum atomic E-state index is 6.37. The van der Waals surface area contributed by atoms with Crippen molar-refractivity contribution in [3.8, 4) is 0 Å². The van der Waals surface area contributed by atoms with Crippen molar-refractivity contribution >= 4 is 0 Å². The van der Waals surface area contributed by atoms with Gasteiger partial charge in [0.15, 0.2) is 0 Å². The Labute approximate surface area is 135 Å². The molecule has 2 nitrogen and oxygen atoms in total. The summed E-state index contributed by atoms with van der Waals surface area (Å²) in [6.07, 6.45) is 8.49. The molecular weight excluding hydrogens is 270 g/mol. The highest BCUT2D eigenvalue weighted by atomic mass is 16.5. The number of ether oxygens (including phenoxy) is 1. The third-order valence-corrected chi connectivity index (χ3v) is 5.51. The number of allylic oxidation sites excluding steroid dienone is 2. The minimum absolute atomic E-state index is 0.0431. The van der Waals surface area contributed by atoms with Gasteiger partial charge in [0.25, 0.3) is 0 Å². The van der Waals surface area contributed by atoms with Gasteiger partial charge in [0.1, 0.15) is 12.4 Å². The number of hydrogen-bond donors (Lipinski definition) is 0. The van der Waals surface area contributed by atoms with Crippen LogP contribution in [0.15, 0.2) is 36.1 Å². The number of likely N-dealkylation sites (tertiary alicyclic amines) is 1. The molecule has 1 fully saturated rings. The van der Waals surface area contributed by atoms with Crippen LogP contribution in [0.3, 0.4) is 0 Å². The quantitative estimate of drug-likeness (QED) is 0.815. The van der Waals surface area contributed by atoms with Crippen LogP contribution in [0.4, 0.5) is 0 Å². The zero-order valence-electron chi connectivity index (χ0n) is 14.3. The van der Waals surface area contributed by atoms with Crippen molar-refractivity contribution in [2.75, 3.05) is 20.2 Å². The Balaban J connectivity index is 1.77. The highest BCUT2D eigenvalue weighted by molar-refractivity contribution is 5.36. The number of likely N-dealkylation sites (N-methyl/N-ethyl adjacent to an activating group) is 1. The van der Waals surface area contributed by atoms with Crippen molar-refractivity contribution in [3.05, 3.63) is 47.2 Å². The Morgan fingerprint density at radius 3 is 2.91 bits per heavy atom. The molecule has 0 saturated carbocycles. The molecular formula is C20H29NO. The van der Waals surface area contributed by atoms with Gasteiger partial charge in [-0.05, 0) is 71.2 Å². The Bertz CT molecular complexity index is 550. The van der Waals surface area contributed by atoms with E-state index in [1.807, 2.05) is 0 Å². The van der Waals surface area contributed by atoms with Crippen LogP contribution in [-0.2, 0) is 10.2 Å². The van der Waals surface area contributed by atoms with Crippen LogP contribution >= 0.6 is 0 Å². The molecule has 1 aliphatic heterocycles. The summed E-state index contributed by atoms with van der Waals surface area (Å²) in [5, 5.41) is 0. The fraction of sp³-hybridized carbons (Fsp3) is 0.600. The van der Waals surface area contributed by atoms with Gasteiger partial charge in [-0.1, -0.05) is 29.8 Å². The first kappa shape index (κ1) is 15.6. The summed E-state index contributed by atoms with van der Waals surface area (Å²) in [6, 6.07) is 9.52. The second kappa shape index (κ2) is 6.45. The monoisotopic (exact) mass is 299 g/mol. The van der Waals surface area contributed by atoms with E-state index in [4.69, 9.17) is 4.74 Å². The lowest BCUT2D eigenvalue weighted by molar-refractivity contribution is 0.106. The van der Waals surface area contributed by atoms with Crippen molar-refractivity contribution in [2.24, 2.45) is 0 Å². The van der Waals surface area contributed by atoms with Gasteiger partial charge < -0.3 is 9.64 Å². The molecule has 1 aromatic carbocycles. The molecule has 1 aliphatic carbocycles. The number of benzene rings is 1. The fourth-order valence-electron chi connectivity index (χ4n) is 3.91. The summed E-state index contributed by atoms with van der Waals surface area (Å²) >= 11 is 0. The molecule has 0 radical (unpaired) electrons. The number of rotatable bonds is 4. The molecule has 2 heteroatoms. The first-order chi connectivity index (χ1) is 10.6. The average Bonchev–Trinajstić information content (AvgIpc) is 2.92. The molecule has 0 N–H and O–H groups in total. The molecule has 0 amide bonds. The predicted molar refractivity (Wildman–Crippen MR) is 92.1 cm³/mol. The van der Waals surface area contributed by atoms with Gasteiger partial charge in [-0.25, -0.2) is 0 Å². The normalized spacial score (nSPS) is 29.4. The van der Waals surface area contributed by atoms with Crippen LogP contribution < -0.4 is 0 Å². The van der Waals surface area contributed by atoms with E-state index in [1.165, 1.54) is 49.1 Å². The Hall–Kier alpha value is -1.28. The van der Waals surface area contributed by atoms with Crippen LogP contribution in [0.5, 0.6) is 0 Å². The van der Waals surface area contributed by atoms with Crippen LogP contribution in [0, 0.1) is 6.92 Å². The standard InChI is InChI=1S/C20H29NO/c1-16-8-6-9-17(14-16)20(2)12-5-4-11-19(20)22-15-18-10-7-13-21(18)3/h6,8-9,11,14,18H,4-5,7,10,12-13,15H2,1-3H3/t18-,20+/m0/s1. The molecule has 0 bridgehead atoms. The third kappa shape index (κ3) is 3.08. The number of aryl methyl sites for hydroxylation is 1. The molecule has 120 valence electrons. The second-order valence-electron chi connectivity index (χ2n) is 7.25. The van der Waals surface area contributed by atoms with Crippen molar-refractivity contribution in [1.82, 2.24) is 4.90 Å². The minimum atomic E-state index is 0.0431. The SMILES string of the molecule is Cc1cccc([C@@]2(C)CCCC=C2OC[C@@H]2CCCN2C)c1. The van der Waals surface area contributed by atoms with Crippen molar-refractivity contribution in [1.29, 1.82) is 0 Å². The van der Waals surface area contributed by atoms with Crippen molar-refractivity contribution in [3.63, 3.8) is 0 Å². The van der Waals surface area contributed by atoms with E-state index in [0.717, 1.165) is 13.0 Å². The van der Waals surface area contributed by atoms with Gasteiger partial charge in [-0.15, -0.1) is 0 Å². The highest BCUT2D eigenvalue weighted by Gasteiger charge is 2.35. The Kier molecular flexibility index (Phi) is 4.58. The molecule has 0 unspecified atom stereocenters. The lowest BCUT2D eigenvalue weighted by Gasteiger charge is -2.36. The van der Waals surface area contributed by atoms with Crippen LogP contribution in [0.1, 0.15) is 50.2 Å². The van der Waals surface area contributed by atoms with E-state index >= 15 is 0 Å². The van der Waals surface area contributed by atoms with Crippen LogP contribution in [0.25, 0.3) is 0 Å². The zero-order valence-corrected chi connectivity index (χ0v) is 14.3. The van der Waals surface area contributed by atoms with E-state index < -0.39 is 0 Å². The fourth-order valence-corrected chi connectivity index (χ4v) is 3.91. The summed E-state index contributed by atoms with van der Waals surface area (Å²) < 4.78 is 6.37. The van der Waals surface area contributed by atoms with Crippen LogP contribution in [-0.4, -0.2) is 31.1 Å². The highest BCUT2D eigenvalue weighted by Crippen LogP contribution is 2.41.